The molecule has 118 valence electrons. The number of hydrogen-bond acceptors (Lipinski definition) is 4. The summed E-state index contributed by atoms with van der Waals surface area (Å²) in [5, 5.41) is 14.3. The van der Waals surface area contributed by atoms with Gasteiger partial charge in [0.15, 0.2) is 0 Å². The summed E-state index contributed by atoms with van der Waals surface area (Å²) in [5.41, 5.74) is 2.94. The van der Waals surface area contributed by atoms with E-state index in [1.165, 1.54) is 0 Å². The average Bonchev–Trinajstić information content (AvgIpc) is 2.56. The first-order chi connectivity index (χ1) is 11.1. The first kappa shape index (κ1) is 15.5. The lowest BCUT2D eigenvalue weighted by atomic mass is 9.89. The molecule has 1 aromatic carbocycles. The second-order valence-corrected chi connectivity index (χ2v) is 5.95. The Morgan fingerprint density at radius 1 is 1.13 bits per heavy atom. The molecule has 1 aromatic heterocycles. The summed E-state index contributed by atoms with van der Waals surface area (Å²) in [5.74, 6) is 0. The van der Waals surface area contributed by atoms with Crippen LogP contribution in [0.4, 0.5) is 5.69 Å². The van der Waals surface area contributed by atoms with Crippen LogP contribution in [-0.4, -0.2) is 34.8 Å². The van der Waals surface area contributed by atoms with Gasteiger partial charge in [-0.2, -0.15) is 0 Å². The number of likely N-dealkylation sites (N-methyl/N-ethyl adjacent to an activating group) is 1. The number of anilines is 1. The Balaban J connectivity index is 1.97. The summed E-state index contributed by atoms with van der Waals surface area (Å²) in [4.78, 5) is 5.94. The fraction of sp³-hybridized carbons (Fsp3) is 0.211. The highest BCUT2D eigenvalue weighted by atomic mass is 16.3. The summed E-state index contributed by atoms with van der Waals surface area (Å²) < 4.78 is 0. The molecule has 0 saturated carbocycles. The molecule has 23 heavy (non-hydrogen) atoms. The van der Waals surface area contributed by atoms with Crippen LogP contribution in [-0.2, 0) is 0 Å². The molecule has 2 aromatic rings. The van der Waals surface area contributed by atoms with Crippen molar-refractivity contribution in [3.63, 3.8) is 0 Å². The topological polar surface area (TPSA) is 48.4 Å². The molecule has 0 saturated heterocycles. The first-order valence-corrected chi connectivity index (χ1v) is 7.62. The van der Waals surface area contributed by atoms with Crippen LogP contribution in [0.15, 0.2) is 72.7 Å². The van der Waals surface area contributed by atoms with E-state index in [2.05, 4.69) is 28.5 Å². The van der Waals surface area contributed by atoms with Gasteiger partial charge in [0.25, 0.3) is 0 Å². The van der Waals surface area contributed by atoms with E-state index in [4.69, 9.17) is 0 Å². The van der Waals surface area contributed by atoms with E-state index >= 15 is 0 Å². The largest absolute Gasteiger partial charge is 0.372 e. The second-order valence-electron chi connectivity index (χ2n) is 5.95. The lowest BCUT2D eigenvalue weighted by Gasteiger charge is -2.36. The van der Waals surface area contributed by atoms with Gasteiger partial charge >= 0.3 is 0 Å². The van der Waals surface area contributed by atoms with Gasteiger partial charge in [-0.15, -0.1) is 0 Å². The van der Waals surface area contributed by atoms with Crippen molar-refractivity contribution in [3.8, 4) is 0 Å². The molecular formula is C19H21N3O. The summed E-state index contributed by atoms with van der Waals surface area (Å²) >= 11 is 0. The van der Waals surface area contributed by atoms with Gasteiger partial charge in [0.2, 0.25) is 0 Å². The lowest BCUT2D eigenvalue weighted by molar-refractivity contribution is -0.0342. The quantitative estimate of drug-likeness (QED) is 0.852. The number of nitrogens with zero attached hydrogens (tertiary/aromatic N) is 2. The fourth-order valence-electron chi connectivity index (χ4n) is 2.66. The number of benzene rings is 1. The maximum absolute atomic E-state index is 11.0. The zero-order valence-electron chi connectivity index (χ0n) is 13.4. The van der Waals surface area contributed by atoms with Crippen molar-refractivity contribution in [1.82, 2.24) is 9.88 Å². The molecule has 1 aliphatic rings. The van der Waals surface area contributed by atoms with Crippen LogP contribution in [0.25, 0.3) is 5.57 Å². The minimum atomic E-state index is -1.02. The minimum Gasteiger partial charge on any atom is -0.372 e. The van der Waals surface area contributed by atoms with Gasteiger partial charge in [-0.05, 0) is 49.5 Å². The third-order valence-electron chi connectivity index (χ3n) is 4.04. The summed E-state index contributed by atoms with van der Waals surface area (Å²) in [6, 6.07) is 14.0. The van der Waals surface area contributed by atoms with Gasteiger partial charge in [-0.1, -0.05) is 30.3 Å². The van der Waals surface area contributed by atoms with Crippen molar-refractivity contribution in [2.75, 3.05) is 19.4 Å². The van der Waals surface area contributed by atoms with Gasteiger partial charge in [0.1, 0.15) is 5.72 Å². The van der Waals surface area contributed by atoms with Crippen LogP contribution < -0.4 is 5.32 Å². The summed E-state index contributed by atoms with van der Waals surface area (Å²) in [6.07, 6.45) is 7.98. The molecule has 0 bridgehead atoms. The molecule has 0 radical (unpaired) electrons. The number of allylic oxidation sites excluding steroid dienone is 1. The van der Waals surface area contributed by atoms with E-state index in [0.29, 0.717) is 6.42 Å². The van der Waals surface area contributed by atoms with Crippen LogP contribution >= 0.6 is 0 Å². The third kappa shape index (κ3) is 3.50. The number of hydrogen-bond donors (Lipinski definition) is 2. The maximum atomic E-state index is 11.0. The summed E-state index contributed by atoms with van der Waals surface area (Å²) in [7, 11) is 3.76. The predicted octanol–water partition coefficient (Wildman–Crippen LogP) is 3.11. The minimum absolute atomic E-state index is 0.544. The highest BCUT2D eigenvalue weighted by Crippen LogP contribution is 2.34. The first-order valence-electron chi connectivity index (χ1n) is 7.62. The Labute approximate surface area is 136 Å². The van der Waals surface area contributed by atoms with Crippen molar-refractivity contribution in [3.05, 3.63) is 78.3 Å². The fourth-order valence-corrected chi connectivity index (χ4v) is 2.66. The van der Waals surface area contributed by atoms with Gasteiger partial charge in [-0.25, -0.2) is 0 Å². The van der Waals surface area contributed by atoms with Crippen molar-refractivity contribution in [2.24, 2.45) is 0 Å². The molecule has 4 nitrogen and oxygen atoms in total. The number of pyridine rings is 1. The number of aliphatic hydroxyl groups is 1. The zero-order chi connectivity index (χ0) is 16.3. The monoisotopic (exact) mass is 307 g/mol. The molecule has 0 fully saturated rings. The number of aromatic nitrogens is 1. The predicted molar refractivity (Wildman–Crippen MR) is 93.6 cm³/mol. The Kier molecular flexibility index (Phi) is 4.28. The Bertz CT molecular complexity index is 723. The van der Waals surface area contributed by atoms with Crippen molar-refractivity contribution in [2.45, 2.75) is 12.1 Å². The smallest absolute Gasteiger partial charge is 0.143 e. The molecule has 1 heterocycles. The van der Waals surface area contributed by atoms with Crippen molar-refractivity contribution in [1.29, 1.82) is 0 Å². The van der Waals surface area contributed by atoms with Crippen LogP contribution in [0.2, 0.25) is 0 Å². The average molecular weight is 307 g/mol. The normalized spacial score (nSPS) is 20.9. The molecule has 3 rings (SSSR count). The Morgan fingerprint density at radius 2 is 1.91 bits per heavy atom. The van der Waals surface area contributed by atoms with E-state index in [-0.39, 0.29) is 0 Å². The lowest BCUT2D eigenvalue weighted by Crippen LogP contribution is -2.44. The van der Waals surface area contributed by atoms with Crippen LogP contribution in [0.1, 0.15) is 12.0 Å². The third-order valence-corrected chi connectivity index (χ3v) is 4.04. The van der Waals surface area contributed by atoms with E-state index in [0.717, 1.165) is 22.5 Å². The van der Waals surface area contributed by atoms with E-state index < -0.39 is 5.72 Å². The molecule has 0 amide bonds. The van der Waals surface area contributed by atoms with E-state index in [9.17, 15) is 5.11 Å². The molecule has 1 atom stereocenters. The maximum Gasteiger partial charge on any atom is 0.143 e. The van der Waals surface area contributed by atoms with Crippen LogP contribution in [0.3, 0.4) is 0 Å². The van der Waals surface area contributed by atoms with Gasteiger partial charge in [0, 0.05) is 18.3 Å². The molecule has 1 aliphatic carbocycles. The molecule has 1 unspecified atom stereocenters. The SMILES string of the molecule is CN(C)C1(O)C=C(Nc2cccnc2)C=C(c2ccccc2)C1. The van der Waals surface area contributed by atoms with Gasteiger partial charge in [0.05, 0.1) is 11.9 Å². The molecule has 0 spiro atoms. The molecular weight excluding hydrogens is 286 g/mol. The van der Waals surface area contributed by atoms with Gasteiger partial charge < -0.3 is 10.4 Å². The number of rotatable bonds is 4. The van der Waals surface area contributed by atoms with Crippen molar-refractivity contribution >= 4 is 11.3 Å². The van der Waals surface area contributed by atoms with Crippen molar-refractivity contribution < 1.29 is 5.11 Å². The Hall–Kier alpha value is -2.43. The summed E-state index contributed by atoms with van der Waals surface area (Å²) in [6.45, 7) is 0. The zero-order valence-corrected chi connectivity index (χ0v) is 13.4. The molecule has 0 aliphatic heterocycles. The highest BCUT2D eigenvalue weighted by molar-refractivity contribution is 5.72. The van der Waals surface area contributed by atoms with Gasteiger partial charge in [-0.3, -0.25) is 9.88 Å². The molecule has 2 N–H and O–H groups in total. The van der Waals surface area contributed by atoms with E-state index in [1.54, 1.807) is 12.4 Å². The van der Waals surface area contributed by atoms with Crippen LogP contribution in [0, 0.1) is 0 Å². The second kappa shape index (κ2) is 6.36. The Morgan fingerprint density at radius 3 is 2.57 bits per heavy atom. The standard InChI is InChI=1S/C19H21N3O/c1-22(2)19(23)12-16(15-7-4-3-5-8-15)11-18(13-19)21-17-9-6-10-20-14-17/h3-11,13-14,21,23H,12H2,1-2H3. The highest BCUT2D eigenvalue weighted by Gasteiger charge is 2.32. The van der Waals surface area contributed by atoms with Crippen LogP contribution in [0.5, 0.6) is 0 Å². The van der Waals surface area contributed by atoms with E-state index in [1.807, 2.05) is 55.4 Å². The number of nitrogens with one attached hydrogen (secondary N) is 1. The molecule has 4 heteroatoms.